The second kappa shape index (κ2) is 10.7. The minimum absolute atomic E-state index is 0.204. The standard InChI is InChI=1S/C17H32N4OS/c1-6-16-18-15(14-23-16)13-17(22)21(11-7-9-19(2)3)12-8-10-20(4)5/h14H,6-13H2,1-5H3. The van der Waals surface area contributed by atoms with Crippen molar-refractivity contribution in [3.05, 3.63) is 16.1 Å². The zero-order valence-corrected chi connectivity index (χ0v) is 16.2. The van der Waals surface area contributed by atoms with Gasteiger partial charge in [0, 0.05) is 18.5 Å². The molecule has 0 fully saturated rings. The molecule has 1 heterocycles. The number of aromatic nitrogens is 1. The summed E-state index contributed by atoms with van der Waals surface area (Å²) in [5.41, 5.74) is 0.919. The van der Waals surface area contributed by atoms with Gasteiger partial charge in [0.05, 0.1) is 17.1 Å². The maximum absolute atomic E-state index is 12.6. The maximum Gasteiger partial charge on any atom is 0.228 e. The third kappa shape index (κ3) is 8.44. The molecular weight excluding hydrogens is 308 g/mol. The summed E-state index contributed by atoms with van der Waals surface area (Å²) in [4.78, 5) is 23.5. The molecule has 1 aromatic heterocycles. The Morgan fingerprint density at radius 1 is 1.04 bits per heavy atom. The lowest BCUT2D eigenvalue weighted by Crippen LogP contribution is -2.36. The van der Waals surface area contributed by atoms with Crippen molar-refractivity contribution in [3.63, 3.8) is 0 Å². The second-order valence-electron chi connectivity index (χ2n) is 6.46. The molecule has 0 spiro atoms. The molecule has 0 saturated carbocycles. The van der Waals surface area contributed by atoms with Crippen molar-refractivity contribution in [2.24, 2.45) is 0 Å². The van der Waals surface area contributed by atoms with Gasteiger partial charge in [-0.2, -0.15) is 0 Å². The number of nitrogens with zero attached hydrogens (tertiary/aromatic N) is 4. The van der Waals surface area contributed by atoms with Crippen molar-refractivity contribution < 1.29 is 4.79 Å². The van der Waals surface area contributed by atoms with Crippen LogP contribution in [0, 0.1) is 0 Å². The van der Waals surface area contributed by atoms with Crippen molar-refractivity contribution in [1.29, 1.82) is 0 Å². The number of aryl methyl sites for hydroxylation is 1. The van der Waals surface area contributed by atoms with Gasteiger partial charge in [-0.3, -0.25) is 4.79 Å². The van der Waals surface area contributed by atoms with Gasteiger partial charge in [-0.15, -0.1) is 11.3 Å². The minimum atomic E-state index is 0.204. The fraction of sp³-hybridized carbons (Fsp3) is 0.765. The Labute approximate surface area is 145 Å². The van der Waals surface area contributed by atoms with E-state index in [1.54, 1.807) is 11.3 Å². The first-order chi connectivity index (χ1) is 10.9. The molecule has 132 valence electrons. The van der Waals surface area contributed by atoms with Crippen LogP contribution in [-0.2, 0) is 17.6 Å². The van der Waals surface area contributed by atoms with Gasteiger partial charge in [-0.1, -0.05) is 6.92 Å². The van der Waals surface area contributed by atoms with E-state index < -0.39 is 0 Å². The molecule has 0 aliphatic carbocycles. The third-order valence-electron chi connectivity index (χ3n) is 3.65. The fourth-order valence-electron chi connectivity index (χ4n) is 2.38. The third-order valence-corrected chi connectivity index (χ3v) is 4.70. The van der Waals surface area contributed by atoms with E-state index in [9.17, 15) is 4.79 Å². The van der Waals surface area contributed by atoms with Crippen molar-refractivity contribution in [2.45, 2.75) is 32.6 Å². The average molecular weight is 341 g/mol. The number of carbonyl (C=O) groups excluding carboxylic acids is 1. The van der Waals surface area contributed by atoms with Crippen LogP contribution in [-0.4, -0.2) is 80.0 Å². The Balaban J connectivity index is 2.54. The Hall–Kier alpha value is -0.980. The molecule has 1 rings (SSSR count). The zero-order chi connectivity index (χ0) is 17.2. The van der Waals surface area contributed by atoms with Gasteiger partial charge in [0.1, 0.15) is 0 Å². The number of rotatable bonds is 11. The lowest BCUT2D eigenvalue weighted by Gasteiger charge is -2.24. The van der Waals surface area contributed by atoms with Gasteiger partial charge in [-0.05, 0) is 60.5 Å². The zero-order valence-electron chi connectivity index (χ0n) is 15.3. The first kappa shape index (κ1) is 20.1. The van der Waals surface area contributed by atoms with E-state index in [1.165, 1.54) is 0 Å². The summed E-state index contributed by atoms with van der Waals surface area (Å²) in [6.45, 7) is 5.77. The Morgan fingerprint density at radius 3 is 2.04 bits per heavy atom. The number of carbonyl (C=O) groups is 1. The topological polar surface area (TPSA) is 39.7 Å². The lowest BCUT2D eigenvalue weighted by atomic mass is 10.2. The quantitative estimate of drug-likeness (QED) is 0.617. The Morgan fingerprint density at radius 2 is 1.61 bits per heavy atom. The molecule has 0 aliphatic rings. The predicted octanol–water partition coefficient (Wildman–Crippen LogP) is 1.98. The van der Waals surface area contributed by atoms with Crippen LogP contribution in [0.4, 0.5) is 0 Å². The number of thiazole rings is 1. The summed E-state index contributed by atoms with van der Waals surface area (Å²) in [5.74, 6) is 0.204. The molecule has 1 aromatic rings. The van der Waals surface area contributed by atoms with Crippen molar-refractivity contribution in [3.8, 4) is 0 Å². The highest BCUT2D eigenvalue weighted by atomic mass is 32.1. The minimum Gasteiger partial charge on any atom is -0.342 e. The van der Waals surface area contributed by atoms with E-state index in [2.05, 4.69) is 49.9 Å². The molecule has 0 atom stereocenters. The smallest absolute Gasteiger partial charge is 0.228 e. The van der Waals surface area contributed by atoms with Crippen LogP contribution in [0.15, 0.2) is 5.38 Å². The van der Waals surface area contributed by atoms with Gasteiger partial charge in [0.25, 0.3) is 0 Å². The summed E-state index contributed by atoms with van der Waals surface area (Å²) >= 11 is 1.65. The van der Waals surface area contributed by atoms with Crippen LogP contribution in [0.25, 0.3) is 0 Å². The van der Waals surface area contributed by atoms with Crippen LogP contribution < -0.4 is 0 Å². The second-order valence-corrected chi connectivity index (χ2v) is 7.40. The van der Waals surface area contributed by atoms with Crippen molar-refractivity contribution >= 4 is 17.2 Å². The Kier molecular flexibility index (Phi) is 9.36. The van der Waals surface area contributed by atoms with Crippen molar-refractivity contribution in [2.75, 3.05) is 54.4 Å². The number of amides is 1. The van der Waals surface area contributed by atoms with E-state index >= 15 is 0 Å². The highest BCUT2D eigenvalue weighted by Gasteiger charge is 2.15. The van der Waals surface area contributed by atoms with Gasteiger partial charge in [0.2, 0.25) is 5.91 Å². The van der Waals surface area contributed by atoms with Gasteiger partial charge < -0.3 is 14.7 Å². The first-order valence-corrected chi connectivity index (χ1v) is 9.30. The molecule has 0 unspecified atom stereocenters. The largest absolute Gasteiger partial charge is 0.342 e. The molecule has 0 saturated heterocycles. The first-order valence-electron chi connectivity index (χ1n) is 8.42. The van der Waals surface area contributed by atoms with Crippen LogP contribution in [0.3, 0.4) is 0 Å². The molecule has 0 radical (unpaired) electrons. The van der Waals surface area contributed by atoms with E-state index in [4.69, 9.17) is 0 Å². The molecular formula is C17H32N4OS. The number of hydrogen-bond acceptors (Lipinski definition) is 5. The van der Waals surface area contributed by atoms with E-state index in [0.29, 0.717) is 6.42 Å². The molecule has 0 aliphatic heterocycles. The van der Waals surface area contributed by atoms with E-state index in [0.717, 1.165) is 56.1 Å². The van der Waals surface area contributed by atoms with Gasteiger partial charge in [0.15, 0.2) is 0 Å². The van der Waals surface area contributed by atoms with Crippen LogP contribution >= 0.6 is 11.3 Å². The van der Waals surface area contributed by atoms with Crippen LogP contribution in [0.1, 0.15) is 30.5 Å². The average Bonchev–Trinajstić information content (AvgIpc) is 2.92. The van der Waals surface area contributed by atoms with Crippen LogP contribution in [0.5, 0.6) is 0 Å². The molecule has 6 heteroatoms. The van der Waals surface area contributed by atoms with Crippen molar-refractivity contribution in [1.82, 2.24) is 19.7 Å². The fourth-order valence-corrected chi connectivity index (χ4v) is 3.12. The summed E-state index contributed by atoms with van der Waals surface area (Å²) < 4.78 is 0. The highest BCUT2D eigenvalue weighted by molar-refractivity contribution is 7.09. The maximum atomic E-state index is 12.6. The molecule has 23 heavy (non-hydrogen) atoms. The highest BCUT2D eigenvalue weighted by Crippen LogP contribution is 2.12. The normalized spacial score (nSPS) is 11.4. The molecule has 1 amide bonds. The predicted molar refractivity (Wildman–Crippen MR) is 98.1 cm³/mol. The summed E-state index contributed by atoms with van der Waals surface area (Å²) in [6, 6.07) is 0. The van der Waals surface area contributed by atoms with E-state index in [-0.39, 0.29) is 5.91 Å². The molecule has 0 N–H and O–H groups in total. The summed E-state index contributed by atoms with van der Waals surface area (Å²) in [6.07, 6.45) is 3.39. The van der Waals surface area contributed by atoms with Gasteiger partial charge in [-0.25, -0.2) is 4.98 Å². The van der Waals surface area contributed by atoms with E-state index in [1.807, 2.05) is 10.3 Å². The molecule has 0 aromatic carbocycles. The SMILES string of the molecule is CCc1nc(CC(=O)N(CCCN(C)C)CCCN(C)C)cs1. The monoisotopic (exact) mass is 340 g/mol. The molecule has 0 bridgehead atoms. The summed E-state index contributed by atoms with van der Waals surface area (Å²) in [7, 11) is 8.28. The van der Waals surface area contributed by atoms with Crippen LogP contribution in [0.2, 0.25) is 0 Å². The van der Waals surface area contributed by atoms with Gasteiger partial charge >= 0.3 is 0 Å². The molecule has 5 nitrogen and oxygen atoms in total. The summed E-state index contributed by atoms with van der Waals surface area (Å²) in [5, 5.41) is 3.13. The number of hydrogen-bond donors (Lipinski definition) is 0. The Bertz CT molecular complexity index is 445. The lowest BCUT2D eigenvalue weighted by molar-refractivity contribution is -0.130.